The molecule has 28 heavy (non-hydrogen) atoms. The molecule has 1 N–H and O–H groups in total. The first-order chi connectivity index (χ1) is 13.7. The Labute approximate surface area is 167 Å². The zero-order valence-electron chi connectivity index (χ0n) is 16.2. The summed E-state index contributed by atoms with van der Waals surface area (Å²) in [4.78, 5) is 0. The topological polar surface area (TPSA) is 47.6 Å². The van der Waals surface area contributed by atoms with Crippen molar-refractivity contribution in [3.8, 4) is 0 Å². The Morgan fingerprint density at radius 3 is 1.61 bits per heavy atom. The van der Waals surface area contributed by atoms with Gasteiger partial charge in [-0.2, -0.15) is 0 Å². The Hall–Kier alpha value is -2.23. The average Bonchev–Trinajstić information content (AvgIpc) is 2.78. The molecule has 0 saturated heterocycles. The maximum absolute atomic E-state index is 13.3. The molecule has 0 spiro atoms. The molecule has 0 aliphatic heterocycles. The molecule has 0 amide bonds. The van der Waals surface area contributed by atoms with Gasteiger partial charge in [0.25, 0.3) is 0 Å². The number of hydrogen-bond donors (Lipinski definition) is 1. The lowest BCUT2D eigenvalue weighted by molar-refractivity contribution is 0.256. The van der Waals surface area contributed by atoms with Gasteiger partial charge in [-0.15, -0.1) is 0 Å². The highest BCUT2D eigenvalue weighted by molar-refractivity contribution is 7.54. The fourth-order valence-corrected chi connectivity index (χ4v) is 4.72. The Kier molecular flexibility index (Phi) is 7.18. The monoisotopic (exact) mass is 395 g/mol. The van der Waals surface area contributed by atoms with E-state index in [1.54, 1.807) is 0 Å². The number of benzene rings is 3. The Balaban J connectivity index is 1.98. The van der Waals surface area contributed by atoms with Gasteiger partial charge in [0.15, 0.2) is 0 Å². The van der Waals surface area contributed by atoms with E-state index >= 15 is 0 Å². The van der Waals surface area contributed by atoms with Gasteiger partial charge in [-0.25, -0.2) is 0 Å². The predicted octanol–water partition coefficient (Wildman–Crippen LogP) is 5.42. The van der Waals surface area contributed by atoms with Crippen molar-refractivity contribution in [2.45, 2.75) is 18.2 Å². The molecule has 0 saturated carbocycles. The highest BCUT2D eigenvalue weighted by Crippen LogP contribution is 2.52. The molecule has 0 fully saturated rings. The molecule has 4 nitrogen and oxygen atoms in total. The molecule has 0 radical (unpaired) electrons. The average molecular weight is 395 g/mol. The van der Waals surface area contributed by atoms with Crippen LogP contribution in [0.5, 0.6) is 0 Å². The third-order valence-corrected chi connectivity index (χ3v) is 6.90. The first kappa shape index (κ1) is 20.5. The van der Waals surface area contributed by atoms with Gasteiger partial charge >= 0.3 is 7.60 Å². The largest absolute Gasteiger partial charge is 0.347 e. The van der Waals surface area contributed by atoms with E-state index in [1.165, 1.54) is 14.2 Å². The van der Waals surface area contributed by atoms with Gasteiger partial charge in [0.05, 0.1) is 6.04 Å². The molecule has 3 aromatic rings. The Bertz CT molecular complexity index is 840. The minimum absolute atomic E-state index is 0.144. The fourth-order valence-electron chi connectivity index (χ4n) is 3.30. The zero-order chi connectivity index (χ0) is 19.8. The molecule has 1 atom stereocenters. The first-order valence-electron chi connectivity index (χ1n) is 9.27. The summed E-state index contributed by atoms with van der Waals surface area (Å²) in [6.45, 7) is 0. The van der Waals surface area contributed by atoms with Gasteiger partial charge in [-0.3, -0.25) is 9.88 Å². The molecule has 0 aliphatic carbocycles. The second-order valence-electron chi connectivity index (χ2n) is 6.53. The van der Waals surface area contributed by atoms with Crippen molar-refractivity contribution in [3.63, 3.8) is 0 Å². The third-order valence-electron chi connectivity index (χ3n) is 4.79. The van der Waals surface area contributed by atoms with Crippen LogP contribution in [0.15, 0.2) is 91.0 Å². The van der Waals surface area contributed by atoms with Crippen molar-refractivity contribution < 1.29 is 13.6 Å². The van der Waals surface area contributed by atoms with Gasteiger partial charge < -0.3 is 9.05 Å². The molecule has 3 rings (SSSR count). The quantitative estimate of drug-likeness (QED) is 0.492. The normalized spacial score (nSPS) is 12.8. The minimum Gasteiger partial charge on any atom is -0.311 e. The summed E-state index contributed by atoms with van der Waals surface area (Å²) in [7, 11) is -0.494. The summed E-state index contributed by atoms with van der Waals surface area (Å²) >= 11 is 0. The van der Waals surface area contributed by atoms with Gasteiger partial charge in [0, 0.05) is 14.2 Å². The van der Waals surface area contributed by atoms with Crippen LogP contribution in [0.2, 0.25) is 0 Å². The van der Waals surface area contributed by atoms with Gasteiger partial charge in [0.2, 0.25) is 0 Å². The molecule has 146 valence electrons. The van der Waals surface area contributed by atoms with Crippen LogP contribution < -0.4 is 5.32 Å². The first-order valence-corrected chi connectivity index (χ1v) is 10.9. The molecular weight excluding hydrogens is 369 g/mol. The van der Waals surface area contributed by atoms with Gasteiger partial charge in [0.1, 0.15) is 5.78 Å². The smallest absolute Gasteiger partial charge is 0.311 e. The van der Waals surface area contributed by atoms with Crippen LogP contribution >= 0.6 is 7.60 Å². The Morgan fingerprint density at radius 1 is 0.750 bits per heavy atom. The van der Waals surface area contributed by atoms with E-state index in [2.05, 4.69) is 29.6 Å². The molecule has 5 heteroatoms. The van der Waals surface area contributed by atoms with Crippen molar-refractivity contribution >= 4 is 7.60 Å². The second kappa shape index (κ2) is 9.81. The standard InChI is InChI=1S/C23H26NO3P/c1-26-28(25,27-2)22(18-19-12-6-3-7-13-19)24-23(20-14-8-4-9-15-20)21-16-10-5-11-17-21/h3-17,22-24H,18H2,1-2H3/t22-/m1/s1. The number of hydrogen-bond acceptors (Lipinski definition) is 4. The highest BCUT2D eigenvalue weighted by Gasteiger charge is 2.36. The van der Waals surface area contributed by atoms with E-state index in [0.717, 1.165) is 16.7 Å². The zero-order valence-corrected chi connectivity index (χ0v) is 17.1. The van der Waals surface area contributed by atoms with Crippen LogP contribution in [-0.2, 0) is 20.0 Å². The molecule has 0 heterocycles. The summed E-state index contributed by atoms with van der Waals surface area (Å²) < 4.78 is 24.1. The van der Waals surface area contributed by atoms with Crippen LogP contribution in [0.4, 0.5) is 0 Å². The van der Waals surface area contributed by atoms with Crippen LogP contribution in [0.25, 0.3) is 0 Å². The van der Waals surface area contributed by atoms with E-state index in [-0.39, 0.29) is 6.04 Å². The van der Waals surface area contributed by atoms with Gasteiger partial charge in [-0.1, -0.05) is 91.0 Å². The molecule has 0 aliphatic rings. The molecule has 0 unspecified atom stereocenters. The van der Waals surface area contributed by atoms with Crippen molar-refractivity contribution in [1.29, 1.82) is 0 Å². The third kappa shape index (κ3) is 4.98. The summed E-state index contributed by atoms with van der Waals surface area (Å²) in [6, 6.07) is 30.1. The van der Waals surface area contributed by atoms with Crippen molar-refractivity contribution in [2.75, 3.05) is 14.2 Å². The lowest BCUT2D eigenvalue weighted by Crippen LogP contribution is -2.36. The van der Waals surface area contributed by atoms with Crippen molar-refractivity contribution in [3.05, 3.63) is 108 Å². The lowest BCUT2D eigenvalue weighted by Gasteiger charge is -2.30. The molecule has 0 aromatic heterocycles. The van der Waals surface area contributed by atoms with Crippen molar-refractivity contribution in [2.24, 2.45) is 0 Å². The molecule has 0 bridgehead atoms. The van der Waals surface area contributed by atoms with E-state index in [0.29, 0.717) is 6.42 Å². The maximum Gasteiger partial charge on any atom is 0.347 e. The predicted molar refractivity (Wildman–Crippen MR) is 113 cm³/mol. The van der Waals surface area contributed by atoms with E-state index < -0.39 is 13.4 Å². The number of nitrogens with one attached hydrogen (secondary N) is 1. The SMILES string of the molecule is COP(=O)(OC)[C@H](Cc1ccccc1)NC(c1ccccc1)c1ccccc1. The van der Waals surface area contributed by atoms with Gasteiger partial charge in [-0.05, 0) is 23.1 Å². The van der Waals surface area contributed by atoms with E-state index in [4.69, 9.17) is 9.05 Å². The van der Waals surface area contributed by atoms with E-state index in [9.17, 15) is 4.57 Å². The maximum atomic E-state index is 13.3. The van der Waals surface area contributed by atoms with E-state index in [1.807, 2.05) is 66.7 Å². The fraction of sp³-hybridized carbons (Fsp3) is 0.217. The molecular formula is C23H26NO3P. The van der Waals surface area contributed by atoms with Crippen molar-refractivity contribution in [1.82, 2.24) is 5.32 Å². The minimum atomic E-state index is -3.36. The highest BCUT2D eigenvalue weighted by atomic mass is 31.2. The number of rotatable bonds is 9. The second-order valence-corrected chi connectivity index (χ2v) is 8.96. The van der Waals surface area contributed by atoms with Crippen LogP contribution in [0.1, 0.15) is 22.7 Å². The van der Waals surface area contributed by atoms with Crippen LogP contribution in [-0.4, -0.2) is 20.0 Å². The summed E-state index contributed by atoms with van der Waals surface area (Å²) in [6.07, 6.45) is 0.524. The van der Waals surface area contributed by atoms with Crippen LogP contribution in [0, 0.1) is 0 Å². The summed E-state index contributed by atoms with van der Waals surface area (Å²) in [5.74, 6) is -0.504. The lowest BCUT2D eigenvalue weighted by atomic mass is 9.98. The summed E-state index contributed by atoms with van der Waals surface area (Å²) in [5.41, 5.74) is 3.24. The summed E-state index contributed by atoms with van der Waals surface area (Å²) in [5, 5.41) is 3.56. The molecule has 3 aromatic carbocycles. The van der Waals surface area contributed by atoms with Crippen LogP contribution in [0.3, 0.4) is 0 Å². The Morgan fingerprint density at radius 2 is 1.18 bits per heavy atom.